The SMILES string of the molecule is C[C@@H](O)[C@H](O)COc1c[c]ccc1. The Labute approximate surface area is 77.6 Å². The minimum atomic E-state index is -0.847. The number of benzene rings is 1. The average Bonchev–Trinajstić information content (AvgIpc) is 2.15. The standard InChI is InChI=1S/C10H13O3/c1-8(11)10(12)7-13-9-5-3-2-4-6-9/h2-3,5-6,8,10-12H,7H2,1H3/t8-,10-/m1/s1. The Balaban J connectivity index is 2.35. The van der Waals surface area contributed by atoms with Crippen LogP contribution in [0.3, 0.4) is 0 Å². The third-order valence-corrected chi connectivity index (χ3v) is 1.66. The van der Waals surface area contributed by atoms with Gasteiger partial charge in [0.25, 0.3) is 0 Å². The molecular formula is C10H13O3. The van der Waals surface area contributed by atoms with Gasteiger partial charge >= 0.3 is 0 Å². The number of ether oxygens (including phenoxy) is 1. The Morgan fingerprint density at radius 3 is 2.85 bits per heavy atom. The van der Waals surface area contributed by atoms with Gasteiger partial charge in [0.1, 0.15) is 18.5 Å². The van der Waals surface area contributed by atoms with Gasteiger partial charge in [0, 0.05) is 0 Å². The highest BCUT2D eigenvalue weighted by Crippen LogP contribution is 2.08. The van der Waals surface area contributed by atoms with Crippen molar-refractivity contribution in [2.24, 2.45) is 0 Å². The number of hydrogen-bond acceptors (Lipinski definition) is 3. The molecular weight excluding hydrogens is 168 g/mol. The summed E-state index contributed by atoms with van der Waals surface area (Å²) >= 11 is 0. The number of aliphatic hydroxyl groups is 2. The lowest BCUT2D eigenvalue weighted by atomic mass is 10.2. The van der Waals surface area contributed by atoms with E-state index >= 15 is 0 Å². The fourth-order valence-corrected chi connectivity index (χ4v) is 0.788. The van der Waals surface area contributed by atoms with Gasteiger partial charge in [-0.2, -0.15) is 0 Å². The zero-order valence-corrected chi connectivity index (χ0v) is 7.47. The van der Waals surface area contributed by atoms with E-state index in [-0.39, 0.29) is 6.61 Å². The molecule has 1 radical (unpaired) electrons. The van der Waals surface area contributed by atoms with Crippen LogP contribution in [-0.2, 0) is 0 Å². The zero-order chi connectivity index (χ0) is 9.68. The predicted octanol–water partition coefficient (Wildman–Crippen LogP) is 0.607. The molecule has 0 aliphatic heterocycles. The van der Waals surface area contributed by atoms with E-state index < -0.39 is 12.2 Å². The molecule has 0 aliphatic carbocycles. The van der Waals surface area contributed by atoms with Crippen LogP contribution in [0.1, 0.15) is 6.92 Å². The molecule has 1 rings (SSSR count). The second-order valence-corrected chi connectivity index (χ2v) is 2.86. The molecule has 0 bridgehead atoms. The number of rotatable bonds is 4. The van der Waals surface area contributed by atoms with Crippen LogP contribution >= 0.6 is 0 Å². The molecule has 2 N–H and O–H groups in total. The summed E-state index contributed by atoms with van der Waals surface area (Å²) in [5.41, 5.74) is 0. The van der Waals surface area contributed by atoms with Crippen molar-refractivity contribution in [1.29, 1.82) is 0 Å². The summed E-state index contributed by atoms with van der Waals surface area (Å²) in [6, 6.07) is 9.85. The molecule has 3 nitrogen and oxygen atoms in total. The molecule has 0 aromatic heterocycles. The van der Waals surface area contributed by atoms with E-state index in [0.29, 0.717) is 5.75 Å². The lowest BCUT2D eigenvalue weighted by Gasteiger charge is -2.14. The first-order chi connectivity index (χ1) is 6.20. The molecule has 3 heteroatoms. The minimum Gasteiger partial charge on any atom is -0.491 e. The number of aliphatic hydroxyl groups excluding tert-OH is 2. The maximum absolute atomic E-state index is 9.20. The van der Waals surface area contributed by atoms with Crippen LogP contribution in [0.25, 0.3) is 0 Å². The molecule has 13 heavy (non-hydrogen) atoms. The van der Waals surface area contributed by atoms with Crippen molar-refractivity contribution in [3.63, 3.8) is 0 Å². The van der Waals surface area contributed by atoms with Crippen LogP contribution in [-0.4, -0.2) is 29.0 Å². The van der Waals surface area contributed by atoms with Crippen molar-refractivity contribution in [3.8, 4) is 5.75 Å². The second-order valence-electron chi connectivity index (χ2n) is 2.86. The second kappa shape index (κ2) is 4.84. The maximum atomic E-state index is 9.20. The van der Waals surface area contributed by atoms with E-state index in [2.05, 4.69) is 6.07 Å². The third kappa shape index (κ3) is 3.44. The molecule has 71 valence electrons. The molecule has 0 fully saturated rings. The van der Waals surface area contributed by atoms with Crippen LogP contribution in [0.2, 0.25) is 0 Å². The molecule has 0 amide bonds. The monoisotopic (exact) mass is 181 g/mol. The quantitative estimate of drug-likeness (QED) is 0.715. The largest absolute Gasteiger partial charge is 0.491 e. The van der Waals surface area contributed by atoms with Gasteiger partial charge in [-0.05, 0) is 25.1 Å². The van der Waals surface area contributed by atoms with Gasteiger partial charge in [-0.15, -0.1) is 0 Å². The van der Waals surface area contributed by atoms with Crippen LogP contribution in [0.5, 0.6) is 5.75 Å². The first-order valence-electron chi connectivity index (χ1n) is 4.15. The molecule has 0 heterocycles. The Morgan fingerprint density at radius 1 is 1.54 bits per heavy atom. The Hall–Kier alpha value is -1.06. The summed E-state index contributed by atoms with van der Waals surface area (Å²) < 4.78 is 5.19. The van der Waals surface area contributed by atoms with Gasteiger partial charge < -0.3 is 14.9 Å². The first-order valence-corrected chi connectivity index (χ1v) is 4.15. The molecule has 1 aromatic carbocycles. The Kier molecular flexibility index (Phi) is 3.73. The molecule has 0 aliphatic rings. The highest BCUT2D eigenvalue weighted by Gasteiger charge is 2.10. The normalized spacial score (nSPS) is 15.0. The molecule has 2 atom stereocenters. The van der Waals surface area contributed by atoms with E-state index in [1.54, 1.807) is 24.3 Å². The molecule has 0 saturated carbocycles. The van der Waals surface area contributed by atoms with E-state index in [4.69, 9.17) is 9.84 Å². The van der Waals surface area contributed by atoms with Crippen molar-refractivity contribution in [3.05, 3.63) is 30.3 Å². The highest BCUT2D eigenvalue weighted by molar-refractivity contribution is 5.20. The fourth-order valence-electron chi connectivity index (χ4n) is 0.788. The summed E-state index contributed by atoms with van der Waals surface area (Å²) in [7, 11) is 0. The number of hydrogen-bond donors (Lipinski definition) is 2. The maximum Gasteiger partial charge on any atom is 0.120 e. The molecule has 0 saturated heterocycles. The Morgan fingerprint density at radius 2 is 2.31 bits per heavy atom. The predicted molar refractivity (Wildman–Crippen MR) is 48.5 cm³/mol. The van der Waals surface area contributed by atoms with E-state index in [1.165, 1.54) is 6.92 Å². The van der Waals surface area contributed by atoms with Crippen LogP contribution in [0.15, 0.2) is 24.3 Å². The highest BCUT2D eigenvalue weighted by atomic mass is 16.5. The van der Waals surface area contributed by atoms with Gasteiger partial charge in [0.15, 0.2) is 0 Å². The average molecular weight is 181 g/mol. The van der Waals surface area contributed by atoms with Crippen LogP contribution < -0.4 is 4.74 Å². The van der Waals surface area contributed by atoms with Gasteiger partial charge in [-0.25, -0.2) is 0 Å². The van der Waals surface area contributed by atoms with Gasteiger partial charge in [-0.3, -0.25) is 0 Å². The summed E-state index contributed by atoms with van der Waals surface area (Å²) in [6.07, 6.45) is -1.62. The van der Waals surface area contributed by atoms with Crippen LogP contribution in [0, 0.1) is 6.07 Å². The first kappa shape index (κ1) is 10.0. The van der Waals surface area contributed by atoms with E-state index in [9.17, 15) is 5.11 Å². The van der Waals surface area contributed by atoms with Crippen molar-refractivity contribution in [1.82, 2.24) is 0 Å². The zero-order valence-electron chi connectivity index (χ0n) is 7.47. The van der Waals surface area contributed by atoms with Crippen molar-refractivity contribution >= 4 is 0 Å². The molecule has 0 spiro atoms. The van der Waals surface area contributed by atoms with Crippen LogP contribution in [0.4, 0.5) is 0 Å². The van der Waals surface area contributed by atoms with E-state index in [1.807, 2.05) is 0 Å². The molecule has 1 aromatic rings. The van der Waals surface area contributed by atoms with Gasteiger partial charge in [0.2, 0.25) is 0 Å². The van der Waals surface area contributed by atoms with Crippen molar-refractivity contribution in [2.45, 2.75) is 19.1 Å². The lowest BCUT2D eigenvalue weighted by molar-refractivity contribution is 0.00227. The third-order valence-electron chi connectivity index (χ3n) is 1.66. The van der Waals surface area contributed by atoms with Crippen molar-refractivity contribution < 1.29 is 14.9 Å². The van der Waals surface area contributed by atoms with Gasteiger partial charge in [0.05, 0.1) is 6.10 Å². The summed E-state index contributed by atoms with van der Waals surface area (Å²) in [5, 5.41) is 18.2. The van der Waals surface area contributed by atoms with E-state index in [0.717, 1.165) is 0 Å². The fraction of sp³-hybridized carbons (Fsp3) is 0.400. The summed E-state index contributed by atoms with van der Waals surface area (Å²) in [5.74, 6) is 0.641. The molecule has 0 unspecified atom stereocenters. The minimum absolute atomic E-state index is 0.0928. The van der Waals surface area contributed by atoms with Gasteiger partial charge in [-0.1, -0.05) is 12.1 Å². The van der Waals surface area contributed by atoms with Crippen molar-refractivity contribution in [2.75, 3.05) is 6.61 Å². The summed E-state index contributed by atoms with van der Waals surface area (Å²) in [4.78, 5) is 0. The Bertz CT molecular complexity index is 233. The lowest BCUT2D eigenvalue weighted by Crippen LogP contribution is -2.29. The topological polar surface area (TPSA) is 49.7 Å². The summed E-state index contributed by atoms with van der Waals surface area (Å²) in [6.45, 7) is 1.61. The smallest absolute Gasteiger partial charge is 0.120 e.